The van der Waals surface area contributed by atoms with Crippen LogP contribution in [0.25, 0.3) is 0 Å². The van der Waals surface area contributed by atoms with Gasteiger partial charge in [-0.1, -0.05) is 48.3 Å². The number of hydrogen-bond acceptors (Lipinski definition) is 4. The Hall–Kier alpha value is -3.23. The molecule has 0 saturated carbocycles. The van der Waals surface area contributed by atoms with E-state index in [2.05, 4.69) is 15.6 Å². The third kappa shape index (κ3) is 5.40. The molecule has 0 unspecified atom stereocenters. The summed E-state index contributed by atoms with van der Waals surface area (Å²) >= 11 is 12.3. The van der Waals surface area contributed by atoms with E-state index < -0.39 is 23.5 Å². The lowest BCUT2D eigenvalue weighted by molar-refractivity contribution is -0.117. The number of carbonyl (C=O) groups is 3. The predicted octanol–water partition coefficient (Wildman–Crippen LogP) is 4.68. The van der Waals surface area contributed by atoms with E-state index in [1.807, 2.05) is 6.92 Å². The minimum absolute atomic E-state index is 0.0287. The number of Topliss-reactive ketones (excluding diaryl/α,β-unsaturated/α-hetero) is 1. The first kappa shape index (κ1) is 24.4. The summed E-state index contributed by atoms with van der Waals surface area (Å²) in [7, 11) is 1.43. The standard InChI is InChI=1S/C23H21Cl2FN4O3/c1-12(31)11-30-19(13(2)17-6-4-5-7-18(17)25)20(28-21(30)23(33)27-3)29-22(32)14-8-15(24)10-16(26)9-14/h4-10,13H,11H2,1-3H3,(H,27,33)(H,29,32)/t13-/m0/s1. The Morgan fingerprint density at radius 3 is 2.42 bits per heavy atom. The molecular formula is C23H21Cl2FN4O3. The number of carbonyl (C=O) groups excluding carboxylic acids is 3. The molecule has 33 heavy (non-hydrogen) atoms. The summed E-state index contributed by atoms with van der Waals surface area (Å²) in [5.74, 6) is -2.60. The maximum Gasteiger partial charge on any atom is 0.287 e. The summed E-state index contributed by atoms with van der Waals surface area (Å²) in [6.45, 7) is 3.04. The first-order valence-electron chi connectivity index (χ1n) is 9.96. The molecule has 0 radical (unpaired) electrons. The number of halogens is 3. The van der Waals surface area contributed by atoms with Gasteiger partial charge in [0.2, 0.25) is 5.82 Å². The Morgan fingerprint density at radius 1 is 1.12 bits per heavy atom. The highest BCUT2D eigenvalue weighted by molar-refractivity contribution is 6.31. The van der Waals surface area contributed by atoms with Crippen molar-refractivity contribution in [2.45, 2.75) is 26.3 Å². The molecule has 10 heteroatoms. The summed E-state index contributed by atoms with van der Waals surface area (Å²) < 4.78 is 15.2. The zero-order valence-electron chi connectivity index (χ0n) is 18.1. The van der Waals surface area contributed by atoms with Crippen LogP contribution in [0.4, 0.5) is 10.2 Å². The first-order valence-corrected chi connectivity index (χ1v) is 10.7. The Morgan fingerprint density at radius 2 is 1.82 bits per heavy atom. The van der Waals surface area contributed by atoms with Crippen LogP contribution < -0.4 is 10.6 Å². The van der Waals surface area contributed by atoms with Gasteiger partial charge in [0.05, 0.1) is 12.2 Å². The highest BCUT2D eigenvalue weighted by Gasteiger charge is 2.28. The van der Waals surface area contributed by atoms with E-state index in [0.29, 0.717) is 16.3 Å². The zero-order chi connectivity index (χ0) is 24.3. The van der Waals surface area contributed by atoms with Crippen molar-refractivity contribution in [3.63, 3.8) is 0 Å². The zero-order valence-corrected chi connectivity index (χ0v) is 19.6. The van der Waals surface area contributed by atoms with Crippen molar-refractivity contribution >= 4 is 46.6 Å². The highest BCUT2D eigenvalue weighted by Crippen LogP contribution is 2.35. The number of benzene rings is 2. The van der Waals surface area contributed by atoms with Crippen molar-refractivity contribution in [3.05, 3.63) is 81.0 Å². The predicted molar refractivity (Wildman–Crippen MR) is 125 cm³/mol. The molecule has 1 atom stereocenters. The lowest BCUT2D eigenvalue weighted by atomic mass is 9.97. The van der Waals surface area contributed by atoms with Crippen molar-refractivity contribution in [1.82, 2.24) is 14.9 Å². The first-order chi connectivity index (χ1) is 15.6. The van der Waals surface area contributed by atoms with Crippen LogP contribution in [0, 0.1) is 5.82 Å². The van der Waals surface area contributed by atoms with Gasteiger partial charge in [-0.25, -0.2) is 9.37 Å². The maximum atomic E-state index is 13.8. The molecule has 0 spiro atoms. The second-order valence-corrected chi connectivity index (χ2v) is 8.24. The molecule has 1 heterocycles. The fourth-order valence-corrected chi connectivity index (χ4v) is 4.02. The summed E-state index contributed by atoms with van der Waals surface area (Å²) in [6, 6.07) is 10.5. The molecule has 2 amide bonds. The minimum atomic E-state index is -0.681. The molecule has 7 nitrogen and oxygen atoms in total. The molecular weight excluding hydrogens is 470 g/mol. The fraction of sp³-hybridized carbons (Fsp3) is 0.217. The van der Waals surface area contributed by atoms with Crippen LogP contribution in [-0.2, 0) is 11.3 Å². The van der Waals surface area contributed by atoms with Gasteiger partial charge in [-0.15, -0.1) is 0 Å². The normalized spacial score (nSPS) is 11.7. The van der Waals surface area contributed by atoms with Gasteiger partial charge in [0, 0.05) is 28.6 Å². The lowest BCUT2D eigenvalue weighted by Crippen LogP contribution is -2.25. The van der Waals surface area contributed by atoms with Crippen molar-refractivity contribution in [3.8, 4) is 0 Å². The van der Waals surface area contributed by atoms with Gasteiger partial charge in [0.25, 0.3) is 11.8 Å². The summed E-state index contributed by atoms with van der Waals surface area (Å²) in [5.41, 5.74) is 1.07. The Kier molecular flexibility index (Phi) is 7.50. The van der Waals surface area contributed by atoms with Crippen LogP contribution in [0.2, 0.25) is 10.0 Å². The average molecular weight is 491 g/mol. The average Bonchev–Trinajstić information content (AvgIpc) is 3.09. The van der Waals surface area contributed by atoms with Gasteiger partial charge in [-0.2, -0.15) is 0 Å². The van der Waals surface area contributed by atoms with E-state index >= 15 is 0 Å². The largest absolute Gasteiger partial charge is 0.352 e. The van der Waals surface area contributed by atoms with Crippen LogP contribution in [0.3, 0.4) is 0 Å². The third-order valence-corrected chi connectivity index (χ3v) is 5.52. The smallest absolute Gasteiger partial charge is 0.287 e. The van der Waals surface area contributed by atoms with Crippen molar-refractivity contribution in [1.29, 1.82) is 0 Å². The fourth-order valence-electron chi connectivity index (χ4n) is 3.50. The van der Waals surface area contributed by atoms with E-state index in [9.17, 15) is 18.8 Å². The highest BCUT2D eigenvalue weighted by atomic mass is 35.5. The number of ketones is 1. The van der Waals surface area contributed by atoms with Gasteiger partial charge < -0.3 is 15.2 Å². The summed E-state index contributed by atoms with van der Waals surface area (Å²) in [6.07, 6.45) is 0. The molecule has 0 aliphatic carbocycles. The molecule has 2 aromatic carbocycles. The number of amides is 2. The van der Waals surface area contributed by atoms with Crippen molar-refractivity contribution in [2.24, 2.45) is 0 Å². The molecule has 0 fully saturated rings. The number of nitrogens with one attached hydrogen (secondary N) is 2. The Balaban J connectivity index is 2.18. The second-order valence-electron chi connectivity index (χ2n) is 7.39. The number of anilines is 1. The van der Waals surface area contributed by atoms with Gasteiger partial charge in [0.15, 0.2) is 5.82 Å². The van der Waals surface area contributed by atoms with Crippen LogP contribution in [-0.4, -0.2) is 34.2 Å². The van der Waals surface area contributed by atoms with E-state index in [0.717, 1.165) is 12.1 Å². The molecule has 2 N–H and O–H groups in total. The number of imidazole rings is 1. The van der Waals surface area contributed by atoms with Gasteiger partial charge in [-0.3, -0.25) is 14.4 Å². The SMILES string of the molecule is CNC(=O)c1nc(NC(=O)c2cc(F)cc(Cl)c2)c([C@@H](C)c2ccccc2Cl)n1CC(C)=O. The van der Waals surface area contributed by atoms with E-state index in [-0.39, 0.29) is 34.6 Å². The quantitative estimate of drug-likeness (QED) is 0.502. The van der Waals surface area contributed by atoms with E-state index in [4.69, 9.17) is 23.2 Å². The number of rotatable bonds is 7. The molecule has 3 aromatic rings. The molecule has 0 saturated heterocycles. The second kappa shape index (κ2) is 10.1. The number of hydrogen-bond donors (Lipinski definition) is 2. The minimum Gasteiger partial charge on any atom is -0.352 e. The number of nitrogens with zero attached hydrogens (tertiary/aromatic N) is 2. The molecule has 172 valence electrons. The Bertz CT molecular complexity index is 1220. The molecule has 0 aliphatic heterocycles. The number of aromatic nitrogens is 2. The van der Waals surface area contributed by atoms with Gasteiger partial charge in [-0.05, 0) is 36.8 Å². The molecule has 0 aliphatic rings. The van der Waals surface area contributed by atoms with Crippen LogP contribution in [0.5, 0.6) is 0 Å². The Labute approximate surface area is 199 Å². The van der Waals surface area contributed by atoms with Crippen molar-refractivity contribution < 1.29 is 18.8 Å². The molecule has 3 rings (SSSR count). The van der Waals surface area contributed by atoms with Crippen LogP contribution in [0.15, 0.2) is 42.5 Å². The van der Waals surface area contributed by atoms with Crippen LogP contribution >= 0.6 is 23.2 Å². The lowest BCUT2D eigenvalue weighted by Gasteiger charge is -2.19. The topological polar surface area (TPSA) is 93.1 Å². The van der Waals surface area contributed by atoms with E-state index in [1.165, 1.54) is 24.6 Å². The third-order valence-electron chi connectivity index (χ3n) is 4.96. The maximum absolute atomic E-state index is 13.8. The van der Waals surface area contributed by atoms with Crippen molar-refractivity contribution in [2.75, 3.05) is 12.4 Å². The van der Waals surface area contributed by atoms with Gasteiger partial charge >= 0.3 is 0 Å². The monoisotopic (exact) mass is 490 g/mol. The summed E-state index contributed by atoms with van der Waals surface area (Å²) in [4.78, 5) is 41.8. The molecule has 0 bridgehead atoms. The summed E-state index contributed by atoms with van der Waals surface area (Å²) in [5, 5.41) is 5.64. The van der Waals surface area contributed by atoms with Crippen LogP contribution in [0.1, 0.15) is 52.0 Å². The van der Waals surface area contributed by atoms with E-state index in [1.54, 1.807) is 24.3 Å². The van der Waals surface area contributed by atoms with Gasteiger partial charge in [0.1, 0.15) is 11.6 Å². The molecule has 1 aromatic heterocycles.